The lowest BCUT2D eigenvalue weighted by molar-refractivity contribution is -0.128. The smallest absolute Gasteiger partial charge is 0.254 e. The van der Waals surface area contributed by atoms with E-state index in [9.17, 15) is 4.79 Å². The maximum Gasteiger partial charge on any atom is 0.254 e. The van der Waals surface area contributed by atoms with Gasteiger partial charge in [-0.1, -0.05) is 29.3 Å². The number of hydrogen-bond donors (Lipinski definition) is 2. The van der Waals surface area contributed by atoms with E-state index in [0.29, 0.717) is 28.0 Å². The summed E-state index contributed by atoms with van der Waals surface area (Å²) in [7, 11) is 0. The minimum absolute atomic E-state index is 0.0591. The first-order valence-corrected chi connectivity index (χ1v) is 10.4. The highest BCUT2D eigenvalue weighted by molar-refractivity contribution is 6.42. The van der Waals surface area contributed by atoms with Gasteiger partial charge in [0.1, 0.15) is 24.0 Å². The van der Waals surface area contributed by atoms with Crippen LogP contribution in [-0.2, 0) is 4.79 Å². The van der Waals surface area contributed by atoms with Crippen molar-refractivity contribution in [1.82, 2.24) is 29.9 Å². The van der Waals surface area contributed by atoms with Gasteiger partial charge in [-0.05, 0) is 37.5 Å². The predicted molar refractivity (Wildman–Crippen MR) is 113 cm³/mol. The first-order valence-electron chi connectivity index (χ1n) is 9.67. The molecule has 2 atom stereocenters. The van der Waals surface area contributed by atoms with E-state index in [-0.39, 0.29) is 11.9 Å². The molecule has 8 nitrogen and oxygen atoms in total. The van der Waals surface area contributed by atoms with Crippen LogP contribution in [0.3, 0.4) is 0 Å². The van der Waals surface area contributed by atoms with Gasteiger partial charge >= 0.3 is 0 Å². The molecule has 4 heterocycles. The van der Waals surface area contributed by atoms with E-state index in [2.05, 4.69) is 25.6 Å². The van der Waals surface area contributed by atoms with Crippen molar-refractivity contribution < 1.29 is 4.79 Å². The quantitative estimate of drug-likeness (QED) is 0.638. The molecule has 1 unspecified atom stereocenters. The number of carbonyl (C=O) groups excluding carboxylic acids is 1. The number of aromatic amines is 1. The number of allylic oxidation sites excluding steroid dienone is 1. The van der Waals surface area contributed by atoms with Crippen LogP contribution < -0.4 is 5.32 Å². The van der Waals surface area contributed by atoms with E-state index < -0.39 is 6.04 Å². The van der Waals surface area contributed by atoms with E-state index in [1.807, 2.05) is 24.0 Å². The van der Waals surface area contributed by atoms with Crippen LogP contribution in [0.5, 0.6) is 0 Å². The molecule has 1 fully saturated rings. The van der Waals surface area contributed by atoms with Crippen molar-refractivity contribution in [2.75, 3.05) is 11.9 Å². The van der Waals surface area contributed by atoms with Crippen LogP contribution in [0.15, 0.2) is 48.1 Å². The van der Waals surface area contributed by atoms with Crippen LogP contribution in [0, 0.1) is 0 Å². The number of likely N-dealkylation sites (tertiary alicyclic amines) is 1. The van der Waals surface area contributed by atoms with Crippen LogP contribution in [0.25, 0.3) is 0 Å². The lowest BCUT2D eigenvalue weighted by Gasteiger charge is -2.33. The third-order valence-electron chi connectivity index (χ3n) is 5.66. The molecule has 2 aliphatic heterocycles. The van der Waals surface area contributed by atoms with Crippen molar-refractivity contribution in [1.29, 1.82) is 0 Å². The fourth-order valence-electron chi connectivity index (χ4n) is 4.30. The summed E-state index contributed by atoms with van der Waals surface area (Å²) in [5.74, 6) is 1.46. The Morgan fingerprint density at radius 2 is 2.10 bits per heavy atom. The molecule has 1 saturated heterocycles. The van der Waals surface area contributed by atoms with E-state index in [1.54, 1.807) is 23.0 Å². The number of benzene rings is 1. The van der Waals surface area contributed by atoms with E-state index in [4.69, 9.17) is 23.2 Å². The Kier molecular flexibility index (Phi) is 4.75. The second-order valence-electron chi connectivity index (χ2n) is 7.43. The van der Waals surface area contributed by atoms with Crippen molar-refractivity contribution >= 4 is 34.9 Å². The summed E-state index contributed by atoms with van der Waals surface area (Å²) in [5, 5.41) is 15.5. The number of halogens is 2. The highest BCUT2D eigenvalue weighted by atomic mass is 35.5. The molecule has 0 spiro atoms. The molecular formula is C20H19Cl2N7O. The highest BCUT2D eigenvalue weighted by Crippen LogP contribution is 2.40. The Balaban J connectivity index is 1.59. The molecule has 0 aliphatic carbocycles. The van der Waals surface area contributed by atoms with Gasteiger partial charge in [-0.3, -0.25) is 9.89 Å². The minimum atomic E-state index is -0.422. The molecule has 1 amide bonds. The van der Waals surface area contributed by atoms with E-state index >= 15 is 0 Å². The van der Waals surface area contributed by atoms with Crippen molar-refractivity contribution in [3.05, 3.63) is 69.5 Å². The molecule has 0 radical (unpaired) electrons. The summed E-state index contributed by atoms with van der Waals surface area (Å²) < 4.78 is 1.80. The molecule has 1 aromatic carbocycles. The van der Waals surface area contributed by atoms with Crippen molar-refractivity contribution in [2.45, 2.75) is 31.8 Å². The van der Waals surface area contributed by atoms with Gasteiger partial charge in [0.05, 0.1) is 27.9 Å². The molecule has 2 aliphatic rings. The van der Waals surface area contributed by atoms with Gasteiger partial charge in [0, 0.05) is 18.3 Å². The van der Waals surface area contributed by atoms with Crippen LogP contribution >= 0.6 is 23.2 Å². The molecule has 5 rings (SSSR count). The van der Waals surface area contributed by atoms with E-state index in [0.717, 1.165) is 29.9 Å². The largest absolute Gasteiger partial charge is 0.344 e. The molecule has 10 heteroatoms. The Hall–Kier alpha value is -2.84. The zero-order valence-electron chi connectivity index (χ0n) is 16.1. The number of aromatic nitrogens is 5. The Bertz CT molecular complexity index is 1140. The normalized spacial score (nSPS) is 21.0. The third-order valence-corrected chi connectivity index (χ3v) is 6.40. The average molecular weight is 444 g/mol. The molecule has 0 bridgehead atoms. The van der Waals surface area contributed by atoms with E-state index in [1.165, 1.54) is 6.33 Å². The summed E-state index contributed by atoms with van der Waals surface area (Å²) in [5.41, 5.74) is 2.25. The van der Waals surface area contributed by atoms with Crippen LogP contribution in [0.2, 0.25) is 10.0 Å². The van der Waals surface area contributed by atoms with Crippen molar-refractivity contribution in [3.63, 3.8) is 0 Å². The Morgan fingerprint density at radius 3 is 2.87 bits per heavy atom. The standard InChI is InChI=1S/C20H19Cl2N7O/c1-11-17(20(30)28-8-2-3-15(28)19-23-10-24-27-19)18(29-16(26-11)6-7-25-29)12-4-5-13(21)14(22)9-12/h4-7,9-10,15,18,26H,2-3,8H2,1H3,(H,23,24,27)/t15-,18?/m0/s1. The number of rotatable bonds is 3. The fraction of sp³-hybridized carbons (Fsp3) is 0.300. The monoisotopic (exact) mass is 443 g/mol. The molecule has 0 saturated carbocycles. The van der Waals surface area contributed by atoms with Gasteiger partial charge in [-0.25, -0.2) is 9.67 Å². The summed E-state index contributed by atoms with van der Waals surface area (Å²) in [6, 6.07) is 6.75. The number of anilines is 1. The van der Waals surface area contributed by atoms with Crippen LogP contribution in [-0.4, -0.2) is 42.3 Å². The van der Waals surface area contributed by atoms with Gasteiger partial charge in [0.2, 0.25) is 0 Å². The summed E-state index contributed by atoms with van der Waals surface area (Å²) in [6.07, 6.45) is 4.92. The maximum absolute atomic E-state index is 13.8. The summed E-state index contributed by atoms with van der Waals surface area (Å²) >= 11 is 12.4. The molecule has 2 aromatic heterocycles. The van der Waals surface area contributed by atoms with Crippen molar-refractivity contribution in [3.8, 4) is 0 Å². The topological polar surface area (TPSA) is 91.7 Å². The number of amides is 1. The summed E-state index contributed by atoms with van der Waals surface area (Å²) in [6.45, 7) is 2.56. The first-order chi connectivity index (χ1) is 14.5. The number of fused-ring (bicyclic) bond motifs is 1. The SMILES string of the molecule is CC1=C(C(=O)N2CCC[C@H]2c2ncn[nH]2)C(c2ccc(Cl)c(Cl)c2)n2nccc2N1. The van der Waals surface area contributed by atoms with Crippen LogP contribution in [0.4, 0.5) is 5.82 Å². The second-order valence-corrected chi connectivity index (χ2v) is 8.24. The number of nitrogens with one attached hydrogen (secondary N) is 2. The summed E-state index contributed by atoms with van der Waals surface area (Å²) in [4.78, 5) is 20.0. The van der Waals surface area contributed by atoms with Crippen molar-refractivity contribution in [2.24, 2.45) is 0 Å². The number of hydrogen-bond acceptors (Lipinski definition) is 5. The van der Waals surface area contributed by atoms with Gasteiger partial charge in [0.25, 0.3) is 5.91 Å². The minimum Gasteiger partial charge on any atom is -0.344 e. The fourth-order valence-corrected chi connectivity index (χ4v) is 4.60. The third kappa shape index (κ3) is 3.07. The maximum atomic E-state index is 13.8. The number of nitrogens with zero attached hydrogens (tertiary/aromatic N) is 5. The van der Waals surface area contributed by atoms with Gasteiger partial charge < -0.3 is 10.2 Å². The number of carbonyl (C=O) groups is 1. The highest BCUT2D eigenvalue weighted by Gasteiger charge is 2.39. The zero-order valence-corrected chi connectivity index (χ0v) is 17.7. The van der Waals surface area contributed by atoms with Gasteiger partial charge in [-0.2, -0.15) is 10.2 Å². The first kappa shape index (κ1) is 19.1. The second kappa shape index (κ2) is 7.45. The molecule has 154 valence electrons. The number of H-pyrrole nitrogens is 1. The van der Waals surface area contributed by atoms with Gasteiger partial charge in [-0.15, -0.1) is 0 Å². The predicted octanol–water partition coefficient (Wildman–Crippen LogP) is 3.96. The average Bonchev–Trinajstić information content (AvgIpc) is 3.49. The van der Waals surface area contributed by atoms with Crippen LogP contribution in [0.1, 0.15) is 43.2 Å². The van der Waals surface area contributed by atoms with Gasteiger partial charge in [0.15, 0.2) is 0 Å². The molecule has 3 aromatic rings. The molecular weight excluding hydrogens is 425 g/mol. The molecule has 2 N–H and O–H groups in total. The Labute approximate surface area is 182 Å². The zero-order chi connectivity index (χ0) is 20.8. The lowest BCUT2D eigenvalue weighted by Crippen LogP contribution is -2.38. The Morgan fingerprint density at radius 1 is 1.23 bits per heavy atom. The lowest BCUT2D eigenvalue weighted by atomic mass is 9.94. The molecule has 30 heavy (non-hydrogen) atoms.